The number of aliphatic hydroxyl groups excluding tert-OH is 3. The first-order chi connectivity index (χ1) is 19.3. The molecule has 41 heavy (non-hydrogen) atoms. The van der Waals surface area contributed by atoms with Crippen molar-refractivity contribution < 1.29 is 48.7 Å². The van der Waals surface area contributed by atoms with Gasteiger partial charge < -0.3 is 44.0 Å². The average molecular weight is 584 g/mol. The minimum Gasteiger partial charge on any atom is -0.462 e. The molecule has 11 nitrogen and oxygen atoms in total. The third kappa shape index (κ3) is 8.22. The summed E-state index contributed by atoms with van der Waals surface area (Å²) in [5.74, 6) is -2.52. The van der Waals surface area contributed by atoms with Crippen LogP contribution in [0.25, 0.3) is 0 Å². The van der Waals surface area contributed by atoms with E-state index >= 15 is 0 Å². The number of carbonyl (C=O) groups is 3. The summed E-state index contributed by atoms with van der Waals surface area (Å²) in [7, 11) is 3.46. The number of esters is 1. The van der Waals surface area contributed by atoms with Crippen molar-refractivity contribution in [1.29, 1.82) is 0 Å². The van der Waals surface area contributed by atoms with Crippen LogP contribution < -0.4 is 0 Å². The van der Waals surface area contributed by atoms with Gasteiger partial charge in [0.2, 0.25) is 0 Å². The number of nitrogens with zero attached hydrogens (tertiary/aromatic N) is 1. The van der Waals surface area contributed by atoms with Crippen molar-refractivity contribution in [2.24, 2.45) is 23.7 Å². The van der Waals surface area contributed by atoms with E-state index in [1.54, 1.807) is 45.8 Å². The van der Waals surface area contributed by atoms with Crippen molar-refractivity contribution in [2.75, 3.05) is 14.1 Å². The van der Waals surface area contributed by atoms with Crippen molar-refractivity contribution in [1.82, 2.24) is 4.90 Å². The van der Waals surface area contributed by atoms with Crippen LogP contribution in [0.1, 0.15) is 60.3 Å². The smallest absolute Gasteiger partial charge is 0.308 e. The molecule has 0 unspecified atom stereocenters. The molecule has 0 spiro atoms. The van der Waals surface area contributed by atoms with E-state index in [4.69, 9.17) is 18.9 Å². The van der Waals surface area contributed by atoms with Gasteiger partial charge in [-0.15, -0.1) is 0 Å². The van der Waals surface area contributed by atoms with E-state index in [1.165, 1.54) is 6.08 Å². The lowest BCUT2D eigenvalue weighted by Gasteiger charge is -2.46. The molecule has 0 amide bonds. The average Bonchev–Trinajstić information content (AvgIpc) is 3.69. The summed E-state index contributed by atoms with van der Waals surface area (Å²) in [6.45, 7) is 9.00. The van der Waals surface area contributed by atoms with E-state index in [0.29, 0.717) is 6.42 Å². The summed E-state index contributed by atoms with van der Waals surface area (Å²) < 4.78 is 23.7. The summed E-state index contributed by atoms with van der Waals surface area (Å²) >= 11 is 0. The molecule has 0 aliphatic carbocycles. The molecule has 0 aromatic heterocycles. The number of epoxide rings is 1. The number of rotatable bonds is 6. The van der Waals surface area contributed by atoms with Crippen molar-refractivity contribution in [3.05, 3.63) is 12.2 Å². The molecule has 3 aliphatic heterocycles. The molecule has 11 heteroatoms. The maximum absolute atomic E-state index is 13.1. The molecule has 3 heterocycles. The molecule has 2 saturated heterocycles. The van der Waals surface area contributed by atoms with Crippen molar-refractivity contribution in [3.8, 4) is 0 Å². The summed E-state index contributed by atoms with van der Waals surface area (Å²) in [5.41, 5.74) is 0. The summed E-state index contributed by atoms with van der Waals surface area (Å²) in [6.07, 6.45) is -2.49. The Balaban J connectivity index is 1.94. The number of hydrogen-bond donors (Lipinski definition) is 3. The van der Waals surface area contributed by atoms with Gasteiger partial charge in [-0.1, -0.05) is 27.7 Å². The van der Waals surface area contributed by atoms with Gasteiger partial charge in [0.1, 0.15) is 24.6 Å². The Morgan fingerprint density at radius 1 is 1.05 bits per heavy atom. The Bertz CT molecular complexity index is 927. The van der Waals surface area contributed by atoms with Gasteiger partial charge >= 0.3 is 5.97 Å². The first-order valence-corrected chi connectivity index (χ1v) is 14.8. The number of ether oxygens (including phenoxy) is 4. The lowest BCUT2D eigenvalue weighted by atomic mass is 9.79. The number of allylic oxidation sites excluding steroid dienone is 1. The summed E-state index contributed by atoms with van der Waals surface area (Å²) in [4.78, 5) is 39.5. The van der Waals surface area contributed by atoms with Crippen LogP contribution in [-0.2, 0) is 33.3 Å². The van der Waals surface area contributed by atoms with Crippen LogP contribution in [-0.4, -0.2) is 114 Å². The largest absolute Gasteiger partial charge is 0.462 e. The second-order valence-electron chi connectivity index (χ2n) is 12.3. The Labute approximate surface area is 243 Å². The van der Waals surface area contributed by atoms with Gasteiger partial charge in [-0.05, 0) is 51.9 Å². The topological polar surface area (TPSA) is 155 Å². The number of likely N-dealkylation sites (N-methyl/N-ethyl adjacent to an activating group) is 1. The van der Waals surface area contributed by atoms with Crippen LogP contribution in [0.5, 0.6) is 0 Å². The van der Waals surface area contributed by atoms with E-state index < -0.39 is 72.7 Å². The van der Waals surface area contributed by atoms with Crippen molar-refractivity contribution in [3.63, 3.8) is 0 Å². The van der Waals surface area contributed by atoms with Crippen LogP contribution in [0.4, 0.5) is 0 Å². The molecule has 0 saturated carbocycles. The number of fused-ring (bicyclic) bond motifs is 1. The molecule has 14 atom stereocenters. The number of ketones is 1. The second-order valence-corrected chi connectivity index (χ2v) is 12.3. The molecule has 3 rings (SSSR count). The molecular weight excluding hydrogens is 534 g/mol. The lowest BCUT2D eigenvalue weighted by Crippen LogP contribution is -2.63. The van der Waals surface area contributed by atoms with Gasteiger partial charge in [0.25, 0.3) is 0 Å². The van der Waals surface area contributed by atoms with Gasteiger partial charge in [0.15, 0.2) is 12.1 Å². The van der Waals surface area contributed by atoms with Crippen molar-refractivity contribution >= 4 is 18.0 Å². The number of cyclic esters (lactones) is 1. The first-order valence-electron chi connectivity index (χ1n) is 14.8. The monoisotopic (exact) mass is 583 g/mol. The lowest BCUT2D eigenvalue weighted by molar-refractivity contribution is -0.304. The quantitative estimate of drug-likeness (QED) is 0.235. The fraction of sp³-hybridized carbons (Fsp3) is 0.833. The highest BCUT2D eigenvalue weighted by molar-refractivity contribution is 5.91. The van der Waals surface area contributed by atoms with Crippen LogP contribution >= 0.6 is 0 Å². The Morgan fingerprint density at radius 2 is 1.73 bits per heavy atom. The Morgan fingerprint density at radius 3 is 2.34 bits per heavy atom. The highest BCUT2D eigenvalue weighted by Crippen LogP contribution is 2.36. The predicted molar refractivity (Wildman–Crippen MR) is 149 cm³/mol. The van der Waals surface area contributed by atoms with Crippen LogP contribution in [0.3, 0.4) is 0 Å². The zero-order valence-electron chi connectivity index (χ0n) is 25.3. The normalized spacial score (nSPS) is 45.5. The fourth-order valence-corrected chi connectivity index (χ4v) is 6.25. The number of hydrogen-bond acceptors (Lipinski definition) is 11. The summed E-state index contributed by atoms with van der Waals surface area (Å²) in [6, 6.07) is -0.693. The van der Waals surface area contributed by atoms with E-state index in [0.717, 1.165) is 6.29 Å². The zero-order valence-corrected chi connectivity index (χ0v) is 25.3. The minimum absolute atomic E-state index is 0.0227. The maximum atomic E-state index is 13.1. The molecular formula is C30H49NO10. The first kappa shape index (κ1) is 33.8. The highest BCUT2D eigenvalue weighted by atomic mass is 16.7. The predicted octanol–water partition coefficient (Wildman–Crippen LogP) is 1.25. The van der Waals surface area contributed by atoms with E-state index in [9.17, 15) is 29.7 Å². The van der Waals surface area contributed by atoms with Crippen LogP contribution in [0, 0.1) is 23.7 Å². The molecule has 0 aromatic carbocycles. The zero-order chi connectivity index (χ0) is 30.6. The van der Waals surface area contributed by atoms with Gasteiger partial charge in [-0.25, -0.2) is 0 Å². The highest BCUT2D eigenvalue weighted by Gasteiger charge is 2.48. The number of carbonyl (C=O) groups excluding carboxylic acids is 3. The maximum Gasteiger partial charge on any atom is 0.308 e. The molecule has 2 fully saturated rings. The van der Waals surface area contributed by atoms with E-state index in [1.807, 2.05) is 13.8 Å². The third-order valence-electron chi connectivity index (χ3n) is 9.00. The SMILES string of the molecule is CC[C@@H]1OC(=O)C[C@H](O)[C@@H](C)[C@@H](O[C@H]2O[C@@H](C)[C@H](O)[C@@H](N(C)C)[C@@H]2O)[C@@H](CC=O)C[C@@H](C)C(=O)/C=C/[C@H]2O[C@@H]2[C@H]1C. The van der Waals surface area contributed by atoms with Crippen molar-refractivity contribution in [2.45, 2.75) is 121 Å². The van der Waals surface area contributed by atoms with Gasteiger partial charge in [0.05, 0.1) is 43.0 Å². The van der Waals surface area contributed by atoms with Gasteiger partial charge in [-0.2, -0.15) is 0 Å². The Hall–Kier alpha value is -1.73. The molecule has 0 aromatic rings. The molecule has 0 radical (unpaired) electrons. The third-order valence-corrected chi connectivity index (χ3v) is 9.00. The summed E-state index contributed by atoms with van der Waals surface area (Å²) in [5, 5.41) is 33.0. The Kier molecular flexibility index (Phi) is 12.1. The fourth-order valence-electron chi connectivity index (χ4n) is 6.25. The van der Waals surface area contributed by atoms with Crippen LogP contribution in [0.15, 0.2) is 12.2 Å². The van der Waals surface area contributed by atoms with Gasteiger partial charge in [0, 0.05) is 24.2 Å². The standard InChI is InChI=1S/C30H49NO10/c1-8-22-17(4)29-23(40-29)10-9-20(33)15(2)13-19(11-12-32)28(16(3)21(34)14-24(35)39-22)41-30-27(37)25(31(6)7)26(36)18(5)38-30/h9-10,12,15-19,21-23,25-30,34,36-37H,8,11,13-14H2,1-7H3/b10-9+/t15-,16-,17+,18+,19+,21+,22+,23-,25-,26+,27+,28-,29-,30-/m1/s1. The molecule has 0 bridgehead atoms. The second kappa shape index (κ2) is 14.6. The van der Waals surface area contributed by atoms with Crippen LogP contribution in [0.2, 0.25) is 0 Å². The van der Waals surface area contributed by atoms with E-state index in [-0.39, 0.29) is 43.2 Å². The minimum atomic E-state index is -1.25. The van der Waals surface area contributed by atoms with Gasteiger partial charge in [-0.3, -0.25) is 9.59 Å². The molecule has 234 valence electrons. The molecule has 3 N–H and O–H groups in total. The van der Waals surface area contributed by atoms with E-state index in [2.05, 4.69) is 0 Å². The number of aliphatic hydroxyl groups is 3. The molecule has 3 aliphatic rings. The number of aldehydes is 1.